The van der Waals surface area contributed by atoms with Crippen LogP contribution in [0.3, 0.4) is 0 Å². The zero-order valence-electron chi connectivity index (χ0n) is 17.7. The van der Waals surface area contributed by atoms with E-state index in [1.54, 1.807) is 0 Å². The first-order valence-corrected chi connectivity index (χ1v) is 9.70. The largest absolute Gasteiger partial charge is 0.450 e. The number of hydrogen-bond donors (Lipinski definition) is 0. The van der Waals surface area contributed by atoms with Crippen LogP contribution in [0.25, 0.3) is 0 Å². The zero-order chi connectivity index (χ0) is 20.2. The molecule has 2 aromatic heterocycles. The van der Waals surface area contributed by atoms with E-state index in [1.807, 2.05) is 38.1 Å². The first kappa shape index (κ1) is 18.5. The number of hydrogen-bond acceptors (Lipinski definition) is 4. The molecule has 4 heteroatoms. The Morgan fingerprint density at radius 1 is 0.750 bits per heavy atom. The normalized spacial score (nSPS) is 13.0. The van der Waals surface area contributed by atoms with Crippen molar-refractivity contribution < 1.29 is 4.74 Å². The standard InChI is InChI=1S/C24H27N3O/c1-14-12-18(24(5,6)7)13-15(2)21(14)27-22-19(10-8-16(3)25-22)28-20-11-9-17(4)26-23(20)27/h8-13H,1-7H3. The van der Waals surface area contributed by atoms with Gasteiger partial charge in [0.1, 0.15) is 0 Å². The lowest BCUT2D eigenvalue weighted by molar-refractivity contribution is 0.470. The van der Waals surface area contributed by atoms with E-state index < -0.39 is 0 Å². The van der Waals surface area contributed by atoms with Gasteiger partial charge in [0.05, 0.1) is 5.69 Å². The highest BCUT2D eigenvalue weighted by atomic mass is 16.5. The molecule has 0 unspecified atom stereocenters. The average molecular weight is 374 g/mol. The SMILES string of the molecule is Cc1ccc2c(n1)N(c1c(C)cc(C(C)(C)C)cc1C)c1nc(C)ccc1O2. The van der Waals surface area contributed by atoms with Crippen LogP contribution in [-0.4, -0.2) is 9.97 Å². The molecule has 0 aliphatic carbocycles. The van der Waals surface area contributed by atoms with Crippen molar-refractivity contribution in [2.24, 2.45) is 0 Å². The first-order chi connectivity index (χ1) is 13.1. The maximum atomic E-state index is 6.13. The minimum atomic E-state index is 0.0958. The molecule has 1 aliphatic heterocycles. The molecule has 0 saturated carbocycles. The average Bonchev–Trinajstić information content (AvgIpc) is 2.60. The highest BCUT2D eigenvalue weighted by Gasteiger charge is 2.31. The predicted octanol–water partition coefficient (Wildman–Crippen LogP) is 6.58. The minimum absolute atomic E-state index is 0.0958. The van der Waals surface area contributed by atoms with Crippen LogP contribution in [0.4, 0.5) is 17.3 Å². The van der Waals surface area contributed by atoms with Crippen LogP contribution in [-0.2, 0) is 5.41 Å². The van der Waals surface area contributed by atoms with E-state index in [0.29, 0.717) is 0 Å². The number of rotatable bonds is 1. The second-order valence-corrected chi connectivity index (χ2v) is 8.69. The van der Waals surface area contributed by atoms with Crippen LogP contribution in [0.2, 0.25) is 0 Å². The second kappa shape index (κ2) is 6.33. The van der Waals surface area contributed by atoms with Gasteiger partial charge in [-0.2, -0.15) is 0 Å². The van der Waals surface area contributed by atoms with Crippen LogP contribution < -0.4 is 9.64 Å². The Balaban J connectivity index is 2.00. The van der Waals surface area contributed by atoms with E-state index in [4.69, 9.17) is 14.7 Å². The first-order valence-electron chi connectivity index (χ1n) is 9.70. The topological polar surface area (TPSA) is 38.2 Å². The fourth-order valence-corrected chi connectivity index (χ4v) is 3.71. The maximum absolute atomic E-state index is 6.13. The Morgan fingerprint density at radius 2 is 1.21 bits per heavy atom. The van der Waals surface area contributed by atoms with Crippen molar-refractivity contribution in [2.45, 2.75) is 53.9 Å². The highest BCUT2D eigenvalue weighted by Crippen LogP contribution is 2.50. The lowest BCUT2D eigenvalue weighted by Crippen LogP contribution is -2.22. The van der Waals surface area contributed by atoms with Gasteiger partial charge in [0.2, 0.25) is 0 Å². The summed E-state index contributed by atoms with van der Waals surface area (Å²) in [4.78, 5) is 11.8. The molecule has 3 aromatic rings. The summed E-state index contributed by atoms with van der Waals surface area (Å²) in [6, 6.07) is 12.5. The summed E-state index contributed by atoms with van der Waals surface area (Å²) < 4.78 is 6.13. The number of ether oxygens (including phenoxy) is 1. The lowest BCUT2D eigenvalue weighted by atomic mass is 9.84. The summed E-state index contributed by atoms with van der Waals surface area (Å²) in [5, 5.41) is 0. The summed E-state index contributed by atoms with van der Waals surface area (Å²) in [6.07, 6.45) is 0. The molecule has 28 heavy (non-hydrogen) atoms. The Bertz CT molecular complexity index is 1010. The molecular weight excluding hydrogens is 346 g/mol. The number of nitrogens with zero attached hydrogens (tertiary/aromatic N) is 3. The zero-order valence-corrected chi connectivity index (χ0v) is 17.7. The number of anilines is 3. The molecule has 0 atom stereocenters. The molecule has 144 valence electrons. The summed E-state index contributed by atoms with van der Waals surface area (Å²) >= 11 is 0. The van der Waals surface area contributed by atoms with E-state index >= 15 is 0 Å². The fraction of sp³-hybridized carbons (Fsp3) is 0.333. The fourth-order valence-electron chi connectivity index (χ4n) is 3.71. The molecule has 4 rings (SSSR count). The molecular formula is C24H27N3O. The molecule has 0 fully saturated rings. The molecule has 0 radical (unpaired) electrons. The summed E-state index contributed by atoms with van der Waals surface area (Å²) in [6.45, 7) is 15.1. The molecule has 0 bridgehead atoms. The number of fused-ring (bicyclic) bond motifs is 2. The van der Waals surface area contributed by atoms with Crippen LogP contribution in [0.15, 0.2) is 36.4 Å². The van der Waals surface area contributed by atoms with Crippen molar-refractivity contribution in [1.29, 1.82) is 0 Å². The van der Waals surface area contributed by atoms with Crippen molar-refractivity contribution in [3.63, 3.8) is 0 Å². The van der Waals surface area contributed by atoms with Crippen molar-refractivity contribution in [1.82, 2.24) is 9.97 Å². The van der Waals surface area contributed by atoms with Crippen molar-refractivity contribution in [3.8, 4) is 11.5 Å². The van der Waals surface area contributed by atoms with Crippen LogP contribution in [0, 0.1) is 27.7 Å². The van der Waals surface area contributed by atoms with E-state index in [-0.39, 0.29) is 5.41 Å². The molecule has 4 nitrogen and oxygen atoms in total. The quantitative estimate of drug-likeness (QED) is 0.377. The highest BCUT2D eigenvalue weighted by molar-refractivity contribution is 5.85. The molecule has 0 spiro atoms. The van der Waals surface area contributed by atoms with Gasteiger partial charge in [-0.25, -0.2) is 9.97 Å². The van der Waals surface area contributed by atoms with E-state index in [9.17, 15) is 0 Å². The monoisotopic (exact) mass is 373 g/mol. The molecule has 0 N–H and O–H groups in total. The third kappa shape index (κ3) is 3.03. The van der Waals surface area contributed by atoms with Crippen molar-refractivity contribution in [3.05, 3.63) is 64.5 Å². The summed E-state index contributed by atoms with van der Waals surface area (Å²) in [5.74, 6) is 3.09. The maximum Gasteiger partial charge on any atom is 0.182 e. The predicted molar refractivity (Wildman–Crippen MR) is 114 cm³/mol. The Hall–Kier alpha value is -2.88. The second-order valence-electron chi connectivity index (χ2n) is 8.69. The van der Waals surface area contributed by atoms with E-state index in [1.165, 1.54) is 16.7 Å². The van der Waals surface area contributed by atoms with Crippen LogP contribution in [0.5, 0.6) is 11.5 Å². The number of aromatic nitrogens is 2. The Morgan fingerprint density at radius 3 is 1.64 bits per heavy atom. The molecule has 1 aromatic carbocycles. The molecule has 0 amide bonds. The van der Waals surface area contributed by atoms with Crippen LogP contribution >= 0.6 is 0 Å². The van der Waals surface area contributed by atoms with Gasteiger partial charge in [-0.3, -0.25) is 4.90 Å². The van der Waals surface area contributed by atoms with Gasteiger partial charge < -0.3 is 4.74 Å². The van der Waals surface area contributed by atoms with Crippen molar-refractivity contribution in [2.75, 3.05) is 4.90 Å². The molecule has 1 aliphatic rings. The lowest BCUT2D eigenvalue weighted by Gasteiger charge is -2.34. The smallest absolute Gasteiger partial charge is 0.182 e. The third-order valence-corrected chi connectivity index (χ3v) is 5.18. The van der Waals surface area contributed by atoms with Gasteiger partial charge in [-0.05, 0) is 74.1 Å². The molecule has 0 saturated heterocycles. The summed E-state index contributed by atoms with van der Waals surface area (Å²) in [7, 11) is 0. The number of benzene rings is 1. The Kier molecular flexibility index (Phi) is 4.18. The van der Waals surface area contributed by atoms with Crippen molar-refractivity contribution >= 4 is 17.3 Å². The van der Waals surface area contributed by atoms with Gasteiger partial charge in [-0.15, -0.1) is 0 Å². The van der Waals surface area contributed by atoms with Gasteiger partial charge in [-0.1, -0.05) is 32.9 Å². The Labute approximate surface area is 167 Å². The number of pyridine rings is 2. The number of aryl methyl sites for hydroxylation is 4. The van der Waals surface area contributed by atoms with Gasteiger partial charge in [0, 0.05) is 11.4 Å². The molecule has 3 heterocycles. The van der Waals surface area contributed by atoms with E-state index in [2.05, 4.69) is 51.7 Å². The van der Waals surface area contributed by atoms with Crippen LogP contribution in [0.1, 0.15) is 48.8 Å². The minimum Gasteiger partial charge on any atom is -0.450 e. The van der Waals surface area contributed by atoms with E-state index in [0.717, 1.165) is 40.2 Å². The van der Waals surface area contributed by atoms with Gasteiger partial charge in [0.25, 0.3) is 0 Å². The van der Waals surface area contributed by atoms with Gasteiger partial charge in [0.15, 0.2) is 23.1 Å². The van der Waals surface area contributed by atoms with Gasteiger partial charge >= 0.3 is 0 Å². The third-order valence-electron chi connectivity index (χ3n) is 5.18. The summed E-state index contributed by atoms with van der Waals surface area (Å²) in [5.41, 5.74) is 6.85.